The van der Waals surface area contributed by atoms with Crippen LogP contribution >= 0.6 is 11.6 Å². The topological polar surface area (TPSA) is 138 Å². The van der Waals surface area contributed by atoms with Gasteiger partial charge in [0.05, 0.1) is 17.2 Å². The van der Waals surface area contributed by atoms with Crippen molar-refractivity contribution in [1.29, 1.82) is 5.26 Å². The SMILES string of the molecule is Cc1c(COc2cc(OCc3cncc(C#N)c3)c(CN3CCCC[C@H]3C(=O)O)cc2Cl)cccc1-c1cccc(OCCCN2CCC3(CC2)CN(C(=O)OC(C)(C)C)C3)c1. The van der Waals surface area contributed by atoms with Gasteiger partial charge in [-0.15, -0.1) is 0 Å². The average Bonchev–Trinajstić information content (AvgIpc) is 3.24. The number of ether oxygens (including phenoxy) is 4. The molecule has 1 aromatic heterocycles. The Morgan fingerprint density at radius 1 is 0.935 bits per heavy atom. The number of amides is 1. The van der Waals surface area contributed by atoms with Gasteiger partial charge in [-0.25, -0.2) is 4.79 Å². The summed E-state index contributed by atoms with van der Waals surface area (Å²) in [5, 5.41) is 19.7. The van der Waals surface area contributed by atoms with Gasteiger partial charge < -0.3 is 33.9 Å². The third-order valence-electron chi connectivity index (χ3n) is 12.2. The molecule has 0 aliphatic carbocycles. The normalized spacial score (nSPS) is 17.8. The zero-order valence-electron chi connectivity index (χ0n) is 36.3. The molecular weight excluding hydrogens is 806 g/mol. The van der Waals surface area contributed by atoms with Crippen LogP contribution in [0.2, 0.25) is 5.02 Å². The summed E-state index contributed by atoms with van der Waals surface area (Å²) in [4.78, 5) is 35.0. The monoisotopic (exact) mass is 863 g/mol. The minimum Gasteiger partial charge on any atom is -0.494 e. The van der Waals surface area contributed by atoms with Crippen molar-refractivity contribution in [1.82, 2.24) is 19.7 Å². The lowest BCUT2D eigenvalue weighted by Gasteiger charge is -2.53. The molecule has 7 rings (SSSR count). The van der Waals surface area contributed by atoms with Crippen molar-refractivity contribution in [3.63, 3.8) is 0 Å². The third-order valence-corrected chi connectivity index (χ3v) is 12.5. The summed E-state index contributed by atoms with van der Waals surface area (Å²) >= 11 is 6.88. The number of rotatable bonds is 15. The number of pyridine rings is 1. The summed E-state index contributed by atoms with van der Waals surface area (Å²) < 4.78 is 24.5. The number of halogens is 1. The highest BCUT2D eigenvalue weighted by atomic mass is 35.5. The fourth-order valence-electron chi connectivity index (χ4n) is 8.74. The molecule has 3 fully saturated rings. The van der Waals surface area contributed by atoms with E-state index in [1.165, 1.54) is 6.20 Å². The molecule has 1 atom stereocenters. The second kappa shape index (κ2) is 19.8. The van der Waals surface area contributed by atoms with Crippen molar-refractivity contribution in [3.8, 4) is 34.4 Å². The van der Waals surface area contributed by atoms with Crippen LogP contribution in [0.5, 0.6) is 17.2 Å². The lowest BCUT2D eigenvalue weighted by molar-refractivity contribution is -0.144. The van der Waals surface area contributed by atoms with Gasteiger partial charge in [-0.3, -0.25) is 14.7 Å². The first-order valence-electron chi connectivity index (χ1n) is 21.7. The second-order valence-electron chi connectivity index (χ2n) is 18.0. The molecule has 1 spiro atoms. The van der Waals surface area contributed by atoms with Crippen molar-refractivity contribution < 1.29 is 33.6 Å². The largest absolute Gasteiger partial charge is 0.494 e. The lowest BCUT2D eigenvalue weighted by Crippen LogP contribution is -2.62. The smallest absolute Gasteiger partial charge is 0.410 e. The van der Waals surface area contributed by atoms with Gasteiger partial charge in [0.15, 0.2) is 0 Å². The van der Waals surface area contributed by atoms with E-state index in [-0.39, 0.29) is 24.7 Å². The first-order valence-corrected chi connectivity index (χ1v) is 22.1. The Morgan fingerprint density at radius 2 is 1.71 bits per heavy atom. The number of aliphatic carboxylic acids is 1. The quantitative estimate of drug-likeness (QED) is 0.115. The third kappa shape index (κ3) is 11.4. The van der Waals surface area contributed by atoms with Gasteiger partial charge in [0.1, 0.15) is 48.2 Å². The Balaban J connectivity index is 0.948. The number of benzene rings is 3. The van der Waals surface area contributed by atoms with Crippen LogP contribution in [0.25, 0.3) is 11.1 Å². The summed E-state index contributed by atoms with van der Waals surface area (Å²) in [6.45, 7) is 14.5. The Morgan fingerprint density at radius 3 is 2.47 bits per heavy atom. The predicted molar refractivity (Wildman–Crippen MR) is 237 cm³/mol. The summed E-state index contributed by atoms with van der Waals surface area (Å²) in [7, 11) is 0. The summed E-state index contributed by atoms with van der Waals surface area (Å²) in [5.74, 6) is 0.958. The van der Waals surface area contributed by atoms with E-state index in [0.29, 0.717) is 48.2 Å². The lowest BCUT2D eigenvalue weighted by atomic mass is 9.72. The fourth-order valence-corrected chi connectivity index (χ4v) is 8.98. The van der Waals surface area contributed by atoms with Gasteiger partial charge in [-0.2, -0.15) is 5.26 Å². The van der Waals surface area contributed by atoms with Crippen LogP contribution in [-0.2, 0) is 29.3 Å². The number of piperidine rings is 2. The maximum absolute atomic E-state index is 12.4. The van der Waals surface area contributed by atoms with Gasteiger partial charge in [-0.05, 0) is 126 Å². The average molecular weight is 864 g/mol. The van der Waals surface area contributed by atoms with Crippen molar-refractivity contribution in [2.45, 2.75) is 97.6 Å². The molecule has 62 heavy (non-hydrogen) atoms. The second-order valence-corrected chi connectivity index (χ2v) is 18.4. The minimum absolute atomic E-state index is 0.154. The van der Waals surface area contributed by atoms with Crippen LogP contribution in [0.3, 0.4) is 0 Å². The molecule has 0 saturated carbocycles. The Bertz CT molecular complexity index is 2260. The number of hydrogen-bond acceptors (Lipinski definition) is 10. The number of nitrogens with zero attached hydrogens (tertiary/aromatic N) is 5. The first kappa shape index (κ1) is 44.7. The number of carboxylic acids is 1. The number of carbonyl (C=O) groups excluding carboxylic acids is 1. The molecule has 0 unspecified atom stereocenters. The van der Waals surface area contributed by atoms with Gasteiger partial charge in [0, 0.05) is 61.2 Å². The molecule has 0 radical (unpaired) electrons. The van der Waals surface area contributed by atoms with Crippen LogP contribution in [0.4, 0.5) is 4.79 Å². The number of likely N-dealkylation sites (tertiary alicyclic amines) is 3. The van der Waals surface area contributed by atoms with E-state index in [4.69, 9.17) is 30.5 Å². The predicted octanol–water partition coefficient (Wildman–Crippen LogP) is 9.28. The molecule has 328 valence electrons. The highest BCUT2D eigenvalue weighted by Crippen LogP contribution is 2.41. The van der Waals surface area contributed by atoms with Gasteiger partial charge in [-0.1, -0.05) is 48.4 Å². The van der Waals surface area contributed by atoms with Crippen LogP contribution in [-0.4, -0.2) is 94.4 Å². The number of aromatic nitrogens is 1. The van der Waals surface area contributed by atoms with E-state index in [9.17, 15) is 20.0 Å². The Hall–Kier alpha value is -5.35. The molecular formula is C49H58ClN5O7. The number of carbonyl (C=O) groups is 2. The fraction of sp³-hybridized carbons (Fsp3) is 0.469. The van der Waals surface area contributed by atoms with Crippen molar-refractivity contribution >= 4 is 23.7 Å². The van der Waals surface area contributed by atoms with Crippen LogP contribution in [0.15, 0.2) is 73.1 Å². The van der Waals surface area contributed by atoms with Gasteiger partial charge in [0.2, 0.25) is 0 Å². The maximum Gasteiger partial charge on any atom is 0.410 e. The van der Waals surface area contributed by atoms with Crippen molar-refractivity contribution in [2.24, 2.45) is 5.41 Å². The van der Waals surface area contributed by atoms with Gasteiger partial charge >= 0.3 is 12.1 Å². The van der Waals surface area contributed by atoms with E-state index in [0.717, 1.165) is 104 Å². The zero-order valence-corrected chi connectivity index (χ0v) is 37.1. The molecule has 3 saturated heterocycles. The van der Waals surface area contributed by atoms with E-state index in [2.05, 4.69) is 41.1 Å². The van der Waals surface area contributed by atoms with E-state index < -0.39 is 17.6 Å². The summed E-state index contributed by atoms with van der Waals surface area (Å²) in [6.07, 6.45) is 8.45. The number of hydrogen-bond donors (Lipinski definition) is 1. The van der Waals surface area contributed by atoms with Crippen molar-refractivity contribution in [3.05, 3.63) is 106 Å². The van der Waals surface area contributed by atoms with E-state index in [1.54, 1.807) is 24.4 Å². The molecule has 1 amide bonds. The molecule has 12 nitrogen and oxygen atoms in total. The maximum atomic E-state index is 12.4. The zero-order chi connectivity index (χ0) is 43.9. The molecule has 1 N–H and O–H groups in total. The van der Waals surface area contributed by atoms with Gasteiger partial charge in [0.25, 0.3) is 0 Å². The molecule has 4 heterocycles. The highest BCUT2D eigenvalue weighted by molar-refractivity contribution is 6.32. The van der Waals surface area contributed by atoms with Crippen molar-refractivity contribution in [2.75, 3.05) is 45.9 Å². The van der Waals surface area contributed by atoms with Crippen LogP contribution in [0.1, 0.15) is 87.1 Å². The molecule has 13 heteroatoms. The molecule has 4 aromatic rings. The molecule has 0 bridgehead atoms. The van der Waals surface area contributed by atoms with Crippen LogP contribution < -0.4 is 14.2 Å². The number of nitriles is 1. The number of carboxylic acid groups (broad SMARTS) is 1. The molecule has 3 aliphatic rings. The standard InChI is InChI=1S/C49H58ClN5O7/c1-34-38(31-61-45-25-44(60-30-36-22-35(26-51)27-52-28-36)39(24-42(45)50)29-54-18-6-5-14-43(54)46(56)57)11-8-13-41(34)37-10-7-12-40(23-37)59-21-9-17-53-19-15-49(16-20-53)32-55(33-49)47(58)62-48(2,3)4/h7-8,10-13,22-25,27-28,43H,5-6,9,14-21,29-33H2,1-4H3,(H,56,57)/t43-/m0/s1. The Kier molecular flexibility index (Phi) is 14.3. The molecule has 3 aromatic carbocycles. The first-order chi connectivity index (χ1) is 29.8. The van der Waals surface area contributed by atoms with Crippen LogP contribution in [0, 0.1) is 23.7 Å². The summed E-state index contributed by atoms with van der Waals surface area (Å²) in [6, 6.07) is 21.2. The summed E-state index contributed by atoms with van der Waals surface area (Å²) in [5.41, 5.74) is 5.88. The minimum atomic E-state index is -0.835. The van der Waals surface area contributed by atoms with E-state index >= 15 is 0 Å². The molecule has 3 aliphatic heterocycles. The van der Waals surface area contributed by atoms with E-state index in [1.807, 2.05) is 54.8 Å². The highest BCUT2D eigenvalue weighted by Gasteiger charge is 2.47. The Labute approximate surface area is 370 Å².